The fraction of sp³-hybridized carbons (Fsp3) is 0.727. The van der Waals surface area contributed by atoms with E-state index in [9.17, 15) is 0 Å². The molecule has 2 atom stereocenters. The lowest BCUT2D eigenvalue weighted by atomic mass is 10.1. The molecule has 16 heavy (non-hydrogen) atoms. The van der Waals surface area contributed by atoms with Gasteiger partial charge in [-0.25, -0.2) is 0 Å². The molecule has 0 fully saturated rings. The molecule has 4 nitrogen and oxygen atoms in total. The number of methoxy groups -OCH3 is 1. The van der Waals surface area contributed by atoms with Gasteiger partial charge in [-0.15, -0.1) is 0 Å². The second-order valence-electron chi connectivity index (χ2n) is 3.67. The van der Waals surface area contributed by atoms with Gasteiger partial charge in [-0.3, -0.25) is 4.68 Å². The van der Waals surface area contributed by atoms with Gasteiger partial charge in [0.2, 0.25) is 0 Å². The lowest BCUT2D eigenvalue weighted by Crippen LogP contribution is -2.33. The third-order valence-corrected chi connectivity index (χ3v) is 3.30. The van der Waals surface area contributed by atoms with E-state index < -0.39 is 0 Å². The van der Waals surface area contributed by atoms with E-state index in [1.54, 1.807) is 7.11 Å². The van der Waals surface area contributed by atoms with Crippen molar-refractivity contribution in [2.45, 2.75) is 39.5 Å². The highest BCUT2D eigenvalue weighted by Crippen LogP contribution is 2.26. The number of likely N-dealkylation sites (N-methyl/N-ethyl adjacent to an activating group) is 1. The van der Waals surface area contributed by atoms with Gasteiger partial charge in [0.15, 0.2) is 0 Å². The quantitative estimate of drug-likeness (QED) is 0.874. The van der Waals surface area contributed by atoms with Crippen LogP contribution in [0.15, 0.2) is 10.7 Å². The summed E-state index contributed by atoms with van der Waals surface area (Å²) in [6.07, 6.45) is 1.95. The largest absolute Gasteiger partial charge is 0.380 e. The third kappa shape index (κ3) is 2.84. The van der Waals surface area contributed by atoms with Crippen LogP contribution in [0.1, 0.15) is 32.5 Å². The molecule has 0 aliphatic heterocycles. The molecular formula is C11H20BrN3O. The summed E-state index contributed by atoms with van der Waals surface area (Å²) in [7, 11) is 1.73. The van der Waals surface area contributed by atoms with Crippen molar-refractivity contribution in [1.82, 2.24) is 15.1 Å². The fourth-order valence-corrected chi connectivity index (χ4v) is 2.32. The van der Waals surface area contributed by atoms with Crippen LogP contribution in [0.5, 0.6) is 0 Å². The average molecular weight is 290 g/mol. The zero-order valence-corrected chi connectivity index (χ0v) is 11.9. The molecule has 0 saturated carbocycles. The van der Waals surface area contributed by atoms with Crippen LogP contribution in [0.2, 0.25) is 0 Å². The van der Waals surface area contributed by atoms with Gasteiger partial charge in [-0.2, -0.15) is 5.10 Å². The van der Waals surface area contributed by atoms with Crippen molar-refractivity contribution >= 4 is 15.9 Å². The van der Waals surface area contributed by atoms with E-state index in [0.29, 0.717) is 0 Å². The molecule has 0 radical (unpaired) electrons. The predicted molar refractivity (Wildman–Crippen MR) is 68.5 cm³/mol. The normalized spacial score (nSPS) is 15.1. The van der Waals surface area contributed by atoms with Crippen molar-refractivity contribution < 1.29 is 4.74 Å². The summed E-state index contributed by atoms with van der Waals surface area (Å²) < 4.78 is 8.44. The first-order valence-corrected chi connectivity index (χ1v) is 6.42. The van der Waals surface area contributed by atoms with Crippen molar-refractivity contribution in [3.05, 3.63) is 16.4 Å². The van der Waals surface area contributed by atoms with Crippen molar-refractivity contribution in [1.29, 1.82) is 0 Å². The van der Waals surface area contributed by atoms with Crippen LogP contribution in [-0.2, 0) is 11.3 Å². The van der Waals surface area contributed by atoms with Gasteiger partial charge in [0.25, 0.3) is 0 Å². The number of rotatable bonds is 6. The molecule has 1 heterocycles. The van der Waals surface area contributed by atoms with E-state index >= 15 is 0 Å². The van der Waals surface area contributed by atoms with Crippen molar-refractivity contribution in [2.75, 3.05) is 13.7 Å². The van der Waals surface area contributed by atoms with Crippen LogP contribution in [0.4, 0.5) is 0 Å². The lowest BCUT2D eigenvalue weighted by Gasteiger charge is -2.24. The van der Waals surface area contributed by atoms with Crippen molar-refractivity contribution in [2.24, 2.45) is 0 Å². The fourth-order valence-electron chi connectivity index (χ4n) is 1.77. The summed E-state index contributed by atoms with van der Waals surface area (Å²) in [6, 6.07) is 0.159. The van der Waals surface area contributed by atoms with Gasteiger partial charge in [-0.1, -0.05) is 6.92 Å². The Morgan fingerprint density at radius 1 is 1.56 bits per heavy atom. The second kappa shape index (κ2) is 6.37. The highest BCUT2D eigenvalue weighted by atomic mass is 79.9. The van der Waals surface area contributed by atoms with Gasteiger partial charge >= 0.3 is 0 Å². The number of ether oxygens (including phenoxy) is 1. The molecule has 0 bridgehead atoms. The Hall–Kier alpha value is -0.390. The first-order valence-electron chi connectivity index (χ1n) is 5.63. The van der Waals surface area contributed by atoms with Crippen LogP contribution in [0, 0.1) is 0 Å². The molecule has 1 rings (SSSR count). The predicted octanol–water partition coefficient (Wildman–Crippen LogP) is 2.35. The van der Waals surface area contributed by atoms with Crippen molar-refractivity contribution in [3.8, 4) is 0 Å². The van der Waals surface area contributed by atoms with E-state index in [-0.39, 0.29) is 12.1 Å². The molecule has 5 heteroatoms. The van der Waals surface area contributed by atoms with Gasteiger partial charge in [0.1, 0.15) is 0 Å². The smallest absolute Gasteiger partial charge is 0.0766 e. The number of hydrogen-bond acceptors (Lipinski definition) is 3. The van der Waals surface area contributed by atoms with Crippen LogP contribution < -0.4 is 5.32 Å². The van der Waals surface area contributed by atoms with E-state index in [1.165, 1.54) is 0 Å². The monoisotopic (exact) mass is 289 g/mol. The second-order valence-corrected chi connectivity index (χ2v) is 4.52. The van der Waals surface area contributed by atoms with Gasteiger partial charge < -0.3 is 10.1 Å². The number of aryl methyl sites for hydroxylation is 1. The van der Waals surface area contributed by atoms with E-state index in [0.717, 1.165) is 23.3 Å². The Morgan fingerprint density at radius 3 is 2.75 bits per heavy atom. The SMILES string of the molecule is CCNC(c1c(Br)cnn1CC)C(C)OC. The minimum absolute atomic E-state index is 0.109. The molecule has 0 amide bonds. The maximum Gasteiger partial charge on any atom is 0.0766 e. The number of aromatic nitrogens is 2. The highest BCUT2D eigenvalue weighted by Gasteiger charge is 2.24. The summed E-state index contributed by atoms with van der Waals surface area (Å²) in [6.45, 7) is 8.01. The molecule has 0 aromatic carbocycles. The van der Waals surface area contributed by atoms with Gasteiger partial charge in [-0.05, 0) is 36.3 Å². The van der Waals surface area contributed by atoms with E-state index in [1.807, 2.05) is 10.9 Å². The average Bonchev–Trinajstić information content (AvgIpc) is 2.66. The van der Waals surface area contributed by atoms with Crippen LogP contribution in [0.25, 0.3) is 0 Å². The molecule has 1 aromatic heterocycles. The van der Waals surface area contributed by atoms with Crippen molar-refractivity contribution in [3.63, 3.8) is 0 Å². The summed E-state index contributed by atoms with van der Waals surface area (Å²) in [5.41, 5.74) is 1.15. The van der Waals surface area contributed by atoms with E-state index in [4.69, 9.17) is 4.74 Å². The number of nitrogens with zero attached hydrogens (tertiary/aromatic N) is 2. The number of hydrogen-bond donors (Lipinski definition) is 1. The topological polar surface area (TPSA) is 39.1 Å². The minimum atomic E-state index is 0.109. The molecule has 2 unspecified atom stereocenters. The summed E-state index contributed by atoms with van der Waals surface area (Å²) in [5, 5.41) is 7.76. The van der Waals surface area contributed by atoms with Crippen LogP contribution >= 0.6 is 15.9 Å². The minimum Gasteiger partial charge on any atom is -0.380 e. The third-order valence-electron chi connectivity index (χ3n) is 2.69. The molecule has 0 aliphatic rings. The summed E-state index contributed by atoms with van der Waals surface area (Å²) in [5.74, 6) is 0. The maximum absolute atomic E-state index is 5.42. The van der Waals surface area contributed by atoms with Crippen LogP contribution in [-0.4, -0.2) is 29.5 Å². The molecule has 0 aliphatic carbocycles. The zero-order chi connectivity index (χ0) is 12.1. The molecular weight excluding hydrogens is 270 g/mol. The summed E-state index contributed by atoms with van der Waals surface area (Å²) in [4.78, 5) is 0. The maximum atomic E-state index is 5.42. The molecule has 0 saturated heterocycles. The van der Waals surface area contributed by atoms with E-state index in [2.05, 4.69) is 47.1 Å². The lowest BCUT2D eigenvalue weighted by molar-refractivity contribution is 0.0803. The Kier molecular flexibility index (Phi) is 5.44. The van der Waals surface area contributed by atoms with Crippen LogP contribution in [0.3, 0.4) is 0 Å². The first kappa shape index (κ1) is 13.7. The Bertz CT molecular complexity index is 327. The summed E-state index contributed by atoms with van der Waals surface area (Å²) >= 11 is 3.55. The highest BCUT2D eigenvalue weighted by molar-refractivity contribution is 9.10. The molecule has 0 spiro atoms. The zero-order valence-electron chi connectivity index (χ0n) is 10.3. The number of halogens is 1. The molecule has 92 valence electrons. The Balaban J connectivity index is 3.03. The Morgan fingerprint density at radius 2 is 2.25 bits per heavy atom. The molecule has 1 N–H and O–H groups in total. The van der Waals surface area contributed by atoms with Gasteiger partial charge in [0.05, 0.1) is 28.5 Å². The van der Waals surface area contributed by atoms with Gasteiger partial charge in [0, 0.05) is 13.7 Å². The molecule has 1 aromatic rings. The Labute approximate surface area is 105 Å². The first-order chi connectivity index (χ1) is 7.65. The standard InChI is InChI=1S/C11H20BrN3O/c1-5-13-10(8(3)16-4)11-9(12)7-14-15(11)6-2/h7-8,10,13H,5-6H2,1-4H3. The number of nitrogens with one attached hydrogen (secondary N) is 1.